The van der Waals surface area contributed by atoms with Gasteiger partial charge >= 0.3 is 32.7 Å². The van der Waals surface area contributed by atoms with Crippen LogP contribution in [0.25, 0.3) is 0 Å². The van der Waals surface area contributed by atoms with E-state index >= 15 is 0 Å². The molecule has 0 aromatic heterocycles. The van der Waals surface area contributed by atoms with Crippen LogP contribution in [-0.2, 0) is 32.7 Å². The third kappa shape index (κ3) is 11.1. The van der Waals surface area contributed by atoms with E-state index in [4.69, 9.17) is 0 Å². The topological polar surface area (TPSA) is 0 Å². The van der Waals surface area contributed by atoms with Crippen molar-refractivity contribution < 1.29 is 37.2 Å². The third-order valence-corrected chi connectivity index (χ3v) is 1.62. The monoisotopic (exact) mass is 247 g/mol. The molecule has 1 nitrogen and oxygen atoms in total. The van der Waals surface area contributed by atoms with Crippen molar-refractivity contribution in [3.63, 3.8) is 0 Å². The zero-order chi connectivity index (χ0) is 8.20. The van der Waals surface area contributed by atoms with E-state index in [1.54, 1.807) is 0 Å². The molecule has 0 N–H and O–H groups in total. The summed E-state index contributed by atoms with van der Waals surface area (Å²) in [5, 5.41) is 0. The smallest absolute Gasteiger partial charge is 0.358 e. The van der Waals surface area contributed by atoms with Crippen molar-refractivity contribution in [2.45, 2.75) is 20.3 Å². The largest absolute Gasteiger partial charge is 3.00 e. The molecule has 0 amide bonds. The Balaban J connectivity index is -0.000000405. The summed E-state index contributed by atoms with van der Waals surface area (Å²) in [7, 11) is 4.54. The molecule has 0 spiro atoms. The van der Waals surface area contributed by atoms with Crippen LogP contribution in [0.15, 0.2) is 0 Å². The maximum absolute atomic E-state index is 3.86. The molecule has 0 radical (unpaired) electrons. The molecule has 12 heavy (non-hydrogen) atoms. The number of rotatable bonds is 4. The summed E-state index contributed by atoms with van der Waals surface area (Å²) >= 11 is 0. The van der Waals surface area contributed by atoms with Gasteiger partial charge in [-0.25, -0.2) is 0 Å². The van der Waals surface area contributed by atoms with Crippen molar-refractivity contribution in [2.75, 3.05) is 27.2 Å². The summed E-state index contributed by atoms with van der Waals surface area (Å²) in [6.07, 6.45) is 1.04. The van der Waals surface area contributed by atoms with Crippen LogP contribution in [0.3, 0.4) is 0 Å². The van der Waals surface area contributed by atoms with Crippen LogP contribution in [0.2, 0.25) is 0 Å². The molecule has 0 aliphatic rings. The van der Waals surface area contributed by atoms with Crippen LogP contribution in [0, 0.1) is 20.3 Å². The van der Waals surface area contributed by atoms with Gasteiger partial charge in [0.15, 0.2) is 0 Å². The first-order valence-corrected chi connectivity index (χ1v) is 4.09. The molecular formula is C10H24NY+2. The van der Waals surface area contributed by atoms with Crippen molar-refractivity contribution in [2.24, 2.45) is 5.92 Å². The maximum Gasteiger partial charge on any atom is 3.00 e. The van der Waals surface area contributed by atoms with E-state index in [9.17, 15) is 0 Å². The Morgan fingerprint density at radius 2 is 1.67 bits per heavy atom. The molecule has 2 heteroatoms. The van der Waals surface area contributed by atoms with Crippen molar-refractivity contribution in [1.29, 1.82) is 0 Å². The van der Waals surface area contributed by atoms with Crippen molar-refractivity contribution >= 4 is 0 Å². The van der Waals surface area contributed by atoms with E-state index in [0.29, 0.717) is 0 Å². The minimum Gasteiger partial charge on any atom is -0.358 e. The van der Waals surface area contributed by atoms with Gasteiger partial charge in [0.1, 0.15) is 0 Å². The Bertz CT molecular complexity index is 89.8. The first-order chi connectivity index (χ1) is 4.48. The molecule has 0 fully saturated rings. The Labute approximate surface area is 104 Å². The molecular weight excluding hydrogens is 223 g/mol. The van der Waals surface area contributed by atoms with E-state index in [-0.39, 0.29) is 40.1 Å². The zero-order valence-corrected chi connectivity index (χ0v) is 12.3. The average molecular weight is 247 g/mol. The van der Waals surface area contributed by atoms with Crippen LogP contribution in [0.5, 0.6) is 0 Å². The van der Waals surface area contributed by atoms with Gasteiger partial charge in [0.2, 0.25) is 0 Å². The van der Waals surface area contributed by atoms with Crippen LogP contribution in [0.1, 0.15) is 20.3 Å². The number of hydrogen-bond acceptors (Lipinski definition) is 0. The summed E-state index contributed by atoms with van der Waals surface area (Å²) in [5.41, 5.74) is 0. The fraction of sp³-hybridized carbons (Fsp3) is 0.800. The van der Waals surface area contributed by atoms with Gasteiger partial charge in [-0.15, -0.1) is 6.42 Å². The van der Waals surface area contributed by atoms with E-state index in [2.05, 4.69) is 34.9 Å². The predicted molar refractivity (Wildman–Crippen MR) is 53.1 cm³/mol. The van der Waals surface area contributed by atoms with Gasteiger partial charge < -0.3 is 18.8 Å². The molecule has 0 bridgehead atoms. The Morgan fingerprint density at radius 3 is 1.92 bits per heavy atom. The van der Waals surface area contributed by atoms with Crippen LogP contribution < -0.4 is 0 Å². The first kappa shape index (κ1) is 18.8. The van der Waals surface area contributed by atoms with E-state index in [1.165, 1.54) is 13.1 Å². The molecule has 0 aliphatic heterocycles. The minimum atomic E-state index is 0. The second kappa shape index (κ2) is 8.65. The number of quaternary nitrogens is 1. The number of nitrogens with zero attached hydrogens (tertiary/aromatic N) is 1. The predicted octanol–water partition coefficient (Wildman–Crippen LogP) is 2.39. The van der Waals surface area contributed by atoms with Crippen LogP contribution in [-0.4, -0.2) is 31.7 Å². The van der Waals surface area contributed by atoms with Crippen molar-refractivity contribution in [1.82, 2.24) is 0 Å². The van der Waals surface area contributed by atoms with Crippen molar-refractivity contribution in [3.05, 3.63) is 14.4 Å². The molecule has 0 unspecified atom stereocenters. The van der Waals surface area contributed by atoms with Gasteiger partial charge in [-0.3, -0.25) is 0 Å². The minimum absolute atomic E-state index is 0. The SMILES string of the molecule is [CH2-]CC[N+](C)(C)CC(C)C.[CH3-].[Y+3]. The van der Waals surface area contributed by atoms with Gasteiger partial charge in [-0.05, 0) is 0 Å². The normalized spacial score (nSPS) is 10.5. The maximum atomic E-state index is 3.86. The Morgan fingerprint density at radius 1 is 1.25 bits per heavy atom. The second-order valence-electron chi connectivity index (χ2n) is 4.09. The summed E-state index contributed by atoms with van der Waals surface area (Å²) < 4.78 is 1.11. The zero-order valence-electron chi connectivity index (χ0n) is 9.43. The molecule has 0 rings (SSSR count). The van der Waals surface area contributed by atoms with E-state index < -0.39 is 0 Å². The fourth-order valence-electron chi connectivity index (χ4n) is 1.51. The van der Waals surface area contributed by atoms with Crippen molar-refractivity contribution in [3.8, 4) is 0 Å². The van der Waals surface area contributed by atoms with E-state index in [1.807, 2.05) is 0 Å². The van der Waals surface area contributed by atoms with Crippen LogP contribution >= 0.6 is 0 Å². The van der Waals surface area contributed by atoms with Crippen LogP contribution in [0.4, 0.5) is 0 Å². The van der Waals surface area contributed by atoms with Gasteiger partial charge in [0.25, 0.3) is 0 Å². The number of hydrogen-bond donors (Lipinski definition) is 0. The molecule has 0 atom stereocenters. The molecule has 70 valence electrons. The molecule has 0 aliphatic carbocycles. The van der Waals surface area contributed by atoms with Gasteiger partial charge in [-0.2, -0.15) is 0 Å². The summed E-state index contributed by atoms with van der Waals surface area (Å²) in [6.45, 7) is 10.8. The summed E-state index contributed by atoms with van der Waals surface area (Å²) in [4.78, 5) is 0. The average Bonchev–Trinajstić information content (AvgIpc) is 1.59. The first-order valence-electron chi connectivity index (χ1n) is 4.09. The standard InChI is InChI=1S/C9H21N.CH3.Y/c1-6-7-10(4,5)8-9(2)3;;/h9H,1,6-8H2,2-5H3;1H3;/q;-1;+3. The molecule has 0 saturated carbocycles. The Hall–Kier alpha value is 1.06. The van der Waals surface area contributed by atoms with Gasteiger partial charge in [-0.1, -0.05) is 13.8 Å². The third-order valence-electron chi connectivity index (χ3n) is 1.62. The molecule has 0 saturated heterocycles. The van der Waals surface area contributed by atoms with E-state index in [0.717, 1.165) is 16.8 Å². The quantitative estimate of drug-likeness (QED) is 0.528. The Kier molecular flexibility index (Phi) is 13.5. The molecule has 0 heterocycles. The van der Waals surface area contributed by atoms with Gasteiger partial charge in [0, 0.05) is 5.92 Å². The van der Waals surface area contributed by atoms with Gasteiger partial charge in [0.05, 0.1) is 27.2 Å². The second-order valence-corrected chi connectivity index (χ2v) is 4.09. The fourth-order valence-corrected chi connectivity index (χ4v) is 1.51. The summed E-state index contributed by atoms with van der Waals surface area (Å²) in [5.74, 6) is 0.793. The summed E-state index contributed by atoms with van der Waals surface area (Å²) in [6, 6.07) is 0. The molecule has 0 aromatic carbocycles. The molecule has 0 aromatic rings.